The Morgan fingerprint density at radius 3 is 2.40 bits per heavy atom. The molecule has 0 saturated carbocycles. The van der Waals surface area contributed by atoms with Gasteiger partial charge in [0.2, 0.25) is 5.91 Å². The summed E-state index contributed by atoms with van der Waals surface area (Å²) in [5.41, 5.74) is 6.25. The van der Waals surface area contributed by atoms with Gasteiger partial charge in [-0.05, 0) is 51.9 Å². The van der Waals surface area contributed by atoms with Gasteiger partial charge >= 0.3 is 0 Å². The molecule has 0 fully saturated rings. The highest BCUT2D eigenvalue weighted by atomic mass is 35.5. The van der Waals surface area contributed by atoms with Crippen molar-refractivity contribution in [3.8, 4) is 5.95 Å². The lowest BCUT2D eigenvalue weighted by Crippen LogP contribution is -2.19. The number of carbonyl (C=O) groups is 1. The minimum Gasteiger partial charge on any atom is -0.325 e. The number of hydrogen-bond donors (Lipinski definition) is 2. The Hall–Kier alpha value is -2.77. The Morgan fingerprint density at radius 1 is 1.07 bits per heavy atom. The molecule has 0 bridgehead atoms. The van der Waals surface area contributed by atoms with E-state index in [0.717, 1.165) is 46.1 Å². The van der Waals surface area contributed by atoms with Gasteiger partial charge in [0.05, 0.1) is 12.1 Å². The number of halogens is 1. The molecule has 0 saturated heterocycles. The second-order valence-corrected chi connectivity index (χ2v) is 7.17. The molecule has 0 unspecified atom stereocenters. The van der Waals surface area contributed by atoms with Crippen LogP contribution in [0.1, 0.15) is 40.8 Å². The number of carbonyl (C=O) groups excluding carboxylic acids is 1. The van der Waals surface area contributed by atoms with Gasteiger partial charge < -0.3 is 10.6 Å². The Morgan fingerprint density at radius 2 is 1.73 bits per heavy atom. The summed E-state index contributed by atoms with van der Waals surface area (Å²) >= 11 is 0. The minimum atomic E-state index is -0.0685. The van der Waals surface area contributed by atoms with Crippen LogP contribution in [0.25, 0.3) is 5.95 Å². The van der Waals surface area contributed by atoms with E-state index >= 15 is 0 Å². The van der Waals surface area contributed by atoms with Gasteiger partial charge in [0.25, 0.3) is 5.95 Å². The number of anilines is 1. The average Bonchev–Trinajstić information content (AvgIpc) is 2.95. The molecule has 2 heterocycles. The van der Waals surface area contributed by atoms with Crippen molar-refractivity contribution in [2.75, 3.05) is 11.9 Å². The molecule has 3 aromatic rings. The number of para-hydroxylation sites is 1. The molecule has 0 spiro atoms. The summed E-state index contributed by atoms with van der Waals surface area (Å²) in [6, 6.07) is 9.77. The standard InChI is InChI=1S/C22H28N6O.ClH/c1-6-23-13-18-9-7-8-10-20(18)26-21(29)12-19-16(4)27-28(17(19)5)22-24-14(2)11-15(3)25-22;/h7-11,23H,6,12-13H2,1-5H3,(H,26,29);1H. The van der Waals surface area contributed by atoms with Gasteiger partial charge in [-0.1, -0.05) is 25.1 Å². The Bertz CT molecular complexity index is 1010. The summed E-state index contributed by atoms with van der Waals surface area (Å²) in [5, 5.41) is 10.9. The summed E-state index contributed by atoms with van der Waals surface area (Å²) in [7, 11) is 0. The predicted molar refractivity (Wildman–Crippen MR) is 122 cm³/mol. The number of amides is 1. The van der Waals surface area contributed by atoms with E-state index in [1.807, 2.05) is 58.0 Å². The Balaban J connectivity index is 0.00000320. The largest absolute Gasteiger partial charge is 0.325 e. The van der Waals surface area contributed by atoms with Crippen LogP contribution in [0.4, 0.5) is 5.69 Å². The van der Waals surface area contributed by atoms with Crippen molar-refractivity contribution in [2.24, 2.45) is 0 Å². The molecule has 0 aliphatic carbocycles. The van der Waals surface area contributed by atoms with E-state index in [0.29, 0.717) is 12.5 Å². The van der Waals surface area contributed by atoms with Crippen molar-refractivity contribution in [3.63, 3.8) is 0 Å². The van der Waals surface area contributed by atoms with Crippen LogP contribution in [0.5, 0.6) is 0 Å². The molecular weight excluding hydrogens is 400 g/mol. The molecule has 30 heavy (non-hydrogen) atoms. The molecule has 160 valence electrons. The van der Waals surface area contributed by atoms with Crippen LogP contribution in [-0.4, -0.2) is 32.2 Å². The van der Waals surface area contributed by atoms with Crippen LogP contribution >= 0.6 is 12.4 Å². The second-order valence-electron chi connectivity index (χ2n) is 7.17. The third-order valence-corrected chi connectivity index (χ3v) is 4.80. The fourth-order valence-electron chi connectivity index (χ4n) is 3.34. The molecule has 1 amide bonds. The topological polar surface area (TPSA) is 84.7 Å². The van der Waals surface area contributed by atoms with Crippen molar-refractivity contribution in [1.29, 1.82) is 0 Å². The molecule has 1 aromatic carbocycles. The van der Waals surface area contributed by atoms with Crippen LogP contribution < -0.4 is 10.6 Å². The summed E-state index contributed by atoms with van der Waals surface area (Å²) in [5.74, 6) is 0.465. The fourth-order valence-corrected chi connectivity index (χ4v) is 3.34. The molecule has 3 rings (SSSR count). The normalized spacial score (nSPS) is 10.6. The number of aryl methyl sites for hydroxylation is 3. The van der Waals surface area contributed by atoms with Gasteiger partial charge in [-0.25, -0.2) is 14.6 Å². The van der Waals surface area contributed by atoms with Crippen molar-refractivity contribution < 1.29 is 4.79 Å². The average molecular weight is 429 g/mol. The zero-order chi connectivity index (χ0) is 21.0. The first kappa shape index (κ1) is 23.5. The number of nitrogens with one attached hydrogen (secondary N) is 2. The van der Waals surface area contributed by atoms with Gasteiger partial charge in [-0.15, -0.1) is 12.4 Å². The van der Waals surface area contributed by atoms with Crippen LogP contribution in [0.3, 0.4) is 0 Å². The van der Waals surface area contributed by atoms with Gasteiger partial charge in [0, 0.05) is 34.9 Å². The molecule has 0 radical (unpaired) electrons. The summed E-state index contributed by atoms with van der Waals surface area (Å²) in [6.45, 7) is 11.4. The maximum Gasteiger partial charge on any atom is 0.251 e. The SMILES string of the molecule is CCNCc1ccccc1NC(=O)Cc1c(C)nn(-c2nc(C)cc(C)n2)c1C.Cl. The van der Waals surface area contributed by atoms with E-state index in [4.69, 9.17) is 0 Å². The van der Waals surface area contributed by atoms with Crippen LogP contribution in [0.2, 0.25) is 0 Å². The molecule has 8 heteroatoms. The van der Waals surface area contributed by atoms with Crippen molar-refractivity contribution >= 4 is 24.0 Å². The van der Waals surface area contributed by atoms with Gasteiger partial charge in [0.15, 0.2) is 0 Å². The first-order valence-corrected chi connectivity index (χ1v) is 9.85. The van der Waals surface area contributed by atoms with Crippen LogP contribution in [0.15, 0.2) is 30.3 Å². The Kier molecular flexibility index (Phi) is 8.08. The first-order chi connectivity index (χ1) is 13.9. The molecule has 7 nitrogen and oxygen atoms in total. The smallest absolute Gasteiger partial charge is 0.251 e. The first-order valence-electron chi connectivity index (χ1n) is 9.85. The molecule has 2 N–H and O–H groups in total. The van der Waals surface area contributed by atoms with E-state index in [2.05, 4.69) is 32.6 Å². The zero-order valence-electron chi connectivity index (χ0n) is 18.1. The van der Waals surface area contributed by atoms with E-state index in [1.165, 1.54) is 0 Å². The van der Waals surface area contributed by atoms with Crippen molar-refractivity contribution in [3.05, 3.63) is 64.2 Å². The maximum absolute atomic E-state index is 12.8. The number of benzene rings is 1. The maximum atomic E-state index is 12.8. The van der Waals surface area contributed by atoms with E-state index in [-0.39, 0.29) is 24.7 Å². The van der Waals surface area contributed by atoms with E-state index < -0.39 is 0 Å². The second kappa shape index (κ2) is 10.3. The van der Waals surface area contributed by atoms with Crippen molar-refractivity contribution in [1.82, 2.24) is 25.1 Å². The molecule has 2 aromatic heterocycles. The lowest BCUT2D eigenvalue weighted by molar-refractivity contribution is -0.115. The highest BCUT2D eigenvalue weighted by Crippen LogP contribution is 2.19. The predicted octanol–water partition coefficient (Wildman–Crippen LogP) is 3.61. The molecular formula is C22H29ClN6O. The number of nitrogens with zero attached hydrogens (tertiary/aromatic N) is 4. The number of hydrogen-bond acceptors (Lipinski definition) is 5. The van der Waals surface area contributed by atoms with E-state index in [9.17, 15) is 4.79 Å². The van der Waals surface area contributed by atoms with Gasteiger partial charge in [-0.2, -0.15) is 5.10 Å². The van der Waals surface area contributed by atoms with Gasteiger partial charge in [-0.3, -0.25) is 4.79 Å². The third kappa shape index (κ3) is 5.43. The summed E-state index contributed by atoms with van der Waals surface area (Å²) in [4.78, 5) is 21.7. The fraction of sp³-hybridized carbons (Fsp3) is 0.364. The van der Waals surface area contributed by atoms with E-state index in [1.54, 1.807) is 4.68 Å². The quantitative estimate of drug-likeness (QED) is 0.600. The summed E-state index contributed by atoms with van der Waals surface area (Å²) in [6.07, 6.45) is 0.248. The molecule has 0 aliphatic rings. The number of rotatable bonds is 7. The molecule has 0 aliphatic heterocycles. The number of aromatic nitrogens is 4. The highest BCUT2D eigenvalue weighted by molar-refractivity contribution is 5.93. The Labute approximate surface area is 183 Å². The summed E-state index contributed by atoms with van der Waals surface area (Å²) < 4.78 is 1.72. The highest BCUT2D eigenvalue weighted by Gasteiger charge is 2.18. The van der Waals surface area contributed by atoms with Crippen LogP contribution in [0, 0.1) is 27.7 Å². The minimum absolute atomic E-state index is 0. The van der Waals surface area contributed by atoms with Crippen molar-refractivity contribution in [2.45, 2.75) is 47.6 Å². The third-order valence-electron chi connectivity index (χ3n) is 4.80. The lowest BCUT2D eigenvalue weighted by atomic mass is 10.1. The molecule has 0 atom stereocenters. The monoisotopic (exact) mass is 428 g/mol. The lowest BCUT2D eigenvalue weighted by Gasteiger charge is -2.11. The van der Waals surface area contributed by atoms with Crippen LogP contribution in [-0.2, 0) is 17.8 Å². The zero-order valence-corrected chi connectivity index (χ0v) is 18.9. The van der Waals surface area contributed by atoms with Gasteiger partial charge in [0.1, 0.15) is 0 Å².